The number of nitrogens with zero attached hydrogens (tertiary/aromatic N) is 3. The maximum Gasteiger partial charge on any atom is 0.318 e. The minimum Gasteiger partial charge on any atom is -0.348 e. The van der Waals surface area contributed by atoms with Crippen LogP contribution in [0.4, 0.5) is 10.7 Å². The van der Waals surface area contributed by atoms with Crippen LogP contribution in [0.15, 0.2) is 4.79 Å². The van der Waals surface area contributed by atoms with Gasteiger partial charge in [0.15, 0.2) is 0 Å². The molecule has 5 aliphatic rings. The summed E-state index contributed by atoms with van der Waals surface area (Å²) in [5, 5.41) is 3.44. The Balaban J connectivity index is 1.33. The third-order valence-corrected chi connectivity index (χ3v) is 7.18. The lowest BCUT2D eigenvalue weighted by molar-refractivity contribution is -0.0159. The maximum absolute atomic E-state index is 13.1. The van der Waals surface area contributed by atoms with E-state index in [0.717, 1.165) is 48.3 Å². The monoisotopic (exact) mass is 371 g/mol. The van der Waals surface area contributed by atoms with Crippen molar-refractivity contribution in [3.8, 4) is 0 Å². The second-order valence-electron chi connectivity index (χ2n) is 9.51. The fraction of sp³-hybridized carbons (Fsp3) is 0.750. The number of rotatable bonds is 2. The third kappa shape index (κ3) is 2.91. The Morgan fingerprint density at radius 2 is 1.81 bits per heavy atom. The highest BCUT2D eigenvalue weighted by Gasteiger charge is 2.51. The predicted octanol–water partition coefficient (Wildman–Crippen LogP) is 1.87. The summed E-state index contributed by atoms with van der Waals surface area (Å²) >= 11 is 0. The van der Waals surface area contributed by atoms with Crippen LogP contribution < -0.4 is 15.8 Å². The summed E-state index contributed by atoms with van der Waals surface area (Å²) in [4.78, 5) is 36.4. The van der Waals surface area contributed by atoms with E-state index in [1.165, 1.54) is 19.3 Å². The van der Waals surface area contributed by atoms with Crippen molar-refractivity contribution >= 4 is 12.0 Å². The highest BCUT2D eigenvalue weighted by Crippen LogP contribution is 2.55. The van der Waals surface area contributed by atoms with Gasteiger partial charge in [-0.2, -0.15) is 0 Å². The fourth-order valence-corrected chi connectivity index (χ4v) is 6.38. The first kappa shape index (κ1) is 17.1. The van der Waals surface area contributed by atoms with Crippen molar-refractivity contribution < 1.29 is 4.79 Å². The van der Waals surface area contributed by atoms with E-state index < -0.39 is 0 Å². The summed E-state index contributed by atoms with van der Waals surface area (Å²) in [6, 6.07) is 0.0242. The summed E-state index contributed by atoms with van der Waals surface area (Å²) in [6.07, 6.45) is 8.12. The number of H-pyrrole nitrogens is 1. The molecule has 7 nitrogen and oxygen atoms in total. The van der Waals surface area contributed by atoms with E-state index in [1.54, 1.807) is 4.90 Å². The fourth-order valence-electron chi connectivity index (χ4n) is 6.38. The Hall–Kier alpha value is -2.05. The first-order valence-electron chi connectivity index (χ1n) is 10.3. The molecule has 0 atom stereocenters. The van der Waals surface area contributed by atoms with Gasteiger partial charge in [0.1, 0.15) is 0 Å². The predicted molar refractivity (Wildman–Crippen MR) is 103 cm³/mol. The van der Waals surface area contributed by atoms with Crippen LogP contribution in [0.25, 0.3) is 0 Å². The molecule has 0 aromatic carbocycles. The standard InChI is InChI=1S/C20H29N5O2/c1-24(2)18-21-16-11-25(4-3-15(16)17(26)22-18)19(27)23-20-8-12-5-13(9-20)7-14(6-12)10-20/h12-14H,3-11H2,1-2H3,(H,23,27)(H,21,22,26). The van der Waals surface area contributed by atoms with Crippen molar-refractivity contribution in [1.82, 2.24) is 20.2 Å². The Kier molecular flexibility index (Phi) is 3.78. The molecule has 4 saturated carbocycles. The number of carbonyl (C=O) groups excluding carboxylic acids is 1. The SMILES string of the molecule is CN(C)c1nc2c(c(=O)[nH]1)CCN(C(=O)NC13CC4CC(CC(C4)C1)C3)C2. The largest absolute Gasteiger partial charge is 0.348 e. The van der Waals surface area contributed by atoms with Gasteiger partial charge in [0.25, 0.3) is 5.56 Å². The van der Waals surface area contributed by atoms with E-state index in [0.29, 0.717) is 25.5 Å². The third-order valence-electron chi connectivity index (χ3n) is 7.18. The summed E-state index contributed by atoms with van der Waals surface area (Å²) < 4.78 is 0. The van der Waals surface area contributed by atoms with Gasteiger partial charge in [-0.05, 0) is 62.7 Å². The molecule has 1 aromatic heterocycles. The molecule has 1 aliphatic heterocycles. The van der Waals surface area contributed by atoms with Crippen molar-refractivity contribution in [1.29, 1.82) is 0 Å². The quantitative estimate of drug-likeness (QED) is 0.832. The van der Waals surface area contributed by atoms with Crippen LogP contribution in [0.5, 0.6) is 0 Å². The minimum absolute atomic E-state index is 0.0164. The number of amides is 2. The molecule has 0 radical (unpaired) electrons. The van der Waals surface area contributed by atoms with Gasteiger partial charge in [0.2, 0.25) is 5.95 Å². The van der Waals surface area contributed by atoms with Crippen LogP contribution >= 0.6 is 0 Å². The molecule has 4 aliphatic carbocycles. The molecule has 0 saturated heterocycles. The molecule has 0 unspecified atom stereocenters. The number of hydrogen-bond donors (Lipinski definition) is 2. The van der Waals surface area contributed by atoms with Crippen molar-refractivity contribution in [3.05, 3.63) is 21.6 Å². The first-order valence-corrected chi connectivity index (χ1v) is 10.3. The molecule has 0 spiro atoms. The lowest BCUT2D eigenvalue weighted by atomic mass is 9.53. The summed E-state index contributed by atoms with van der Waals surface area (Å²) in [5.74, 6) is 2.96. The van der Waals surface area contributed by atoms with Gasteiger partial charge in [-0.25, -0.2) is 9.78 Å². The zero-order valence-electron chi connectivity index (χ0n) is 16.3. The van der Waals surface area contributed by atoms with E-state index in [4.69, 9.17) is 0 Å². The van der Waals surface area contributed by atoms with Gasteiger partial charge in [0.05, 0.1) is 12.2 Å². The molecule has 2 heterocycles. The van der Waals surface area contributed by atoms with Gasteiger partial charge < -0.3 is 15.1 Å². The second-order valence-corrected chi connectivity index (χ2v) is 9.51. The number of hydrogen-bond acceptors (Lipinski definition) is 4. The van der Waals surface area contributed by atoms with Crippen LogP contribution in [0.3, 0.4) is 0 Å². The number of aromatic amines is 1. The van der Waals surface area contributed by atoms with Crippen LogP contribution in [-0.2, 0) is 13.0 Å². The number of carbonyl (C=O) groups is 1. The molecule has 4 bridgehead atoms. The van der Waals surface area contributed by atoms with E-state index in [-0.39, 0.29) is 17.1 Å². The van der Waals surface area contributed by atoms with Gasteiger partial charge in [-0.1, -0.05) is 0 Å². The van der Waals surface area contributed by atoms with Crippen molar-refractivity contribution in [2.45, 2.75) is 57.0 Å². The summed E-state index contributed by atoms with van der Waals surface area (Å²) in [7, 11) is 3.70. The number of anilines is 1. The number of fused-ring (bicyclic) bond motifs is 1. The Morgan fingerprint density at radius 1 is 1.19 bits per heavy atom. The smallest absolute Gasteiger partial charge is 0.318 e. The normalized spacial score (nSPS) is 33.7. The second kappa shape index (κ2) is 5.97. The maximum atomic E-state index is 13.1. The van der Waals surface area contributed by atoms with Gasteiger partial charge >= 0.3 is 6.03 Å². The molecule has 6 rings (SSSR count). The van der Waals surface area contributed by atoms with E-state index in [1.807, 2.05) is 19.0 Å². The van der Waals surface area contributed by atoms with Crippen molar-refractivity contribution in [2.24, 2.45) is 17.8 Å². The van der Waals surface area contributed by atoms with E-state index in [9.17, 15) is 9.59 Å². The zero-order valence-corrected chi connectivity index (χ0v) is 16.3. The Bertz CT molecular complexity index is 795. The summed E-state index contributed by atoms with van der Waals surface area (Å²) in [6.45, 7) is 0.996. The molecule has 7 heteroatoms. The molecule has 4 fully saturated rings. The van der Waals surface area contributed by atoms with Crippen LogP contribution in [-0.4, -0.2) is 47.1 Å². The highest BCUT2D eigenvalue weighted by atomic mass is 16.2. The zero-order chi connectivity index (χ0) is 18.8. The number of aromatic nitrogens is 2. The molecule has 2 N–H and O–H groups in total. The van der Waals surface area contributed by atoms with Crippen LogP contribution in [0.1, 0.15) is 49.8 Å². The molecule has 27 heavy (non-hydrogen) atoms. The highest BCUT2D eigenvalue weighted by molar-refractivity contribution is 5.75. The summed E-state index contributed by atoms with van der Waals surface area (Å²) in [5.41, 5.74) is 1.39. The average Bonchev–Trinajstić information content (AvgIpc) is 2.59. The molecule has 1 aromatic rings. The van der Waals surface area contributed by atoms with E-state index >= 15 is 0 Å². The lowest BCUT2D eigenvalue weighted by Gasteiger charge is -2.57. The number of urea groups is 1. The molecule has 146 valence electrons. The van der Waals surface area contributed by atoms with E-state index in [2.05, 4.69) is 15.3 Å². The molecule has 2 amide bonds. The van der Waals surface area contributed by atoms with Crippen LogP contribution in [0, 0.1) is 17.8 Å². The topological polar surface area (TPSA) is 81.3 Å². The Morgan fingerprint density at radius 3 is 2.41 bits per heavy atom. The Labute approximate surface area is 159 Å². The first-order chi connectivity index (χ1) is 12.9. The van der Waals surface area contributed by atoms with Gasteiger partial charge in [-0.3, -0.25) is 9.78 Å². The molecular formula is C20H29N5O2. The van der Waals surface area contributed by atoms with Crippen molar-refractivity contribution in [2.75, 3.05) is 25.5 Å². The lowest BCUT2D eigenvalue weighted by Crippen LogP contribution is -2.62. The van der Waals surface area contributed by atoms with Gasteiger partial charge in [0, 0.05) is 31.7 Å². The average molecular weight is 371 g/mol. The van der Waals surface area contributed by atoms with Gasteiger partial charge in [-0.15, -0.1) is 0 Å². The minimum atomic E-state index is -0.0788. The number of nitrogens with one attached hydrogen (secondary N) is 2. The van der Waals surface area contributed by atoms with Crippen molar-refractivity contribution in [3.63, 3.8) is 0 Å². The van der Waals surface area contributed by atoms with Crippen LogP contribution in [0.2, 0.25) is 0 Å². The molecular weight excluding hydrogens is 342 g/mol.